The van der Waals surface area contributed by atoms with Crippen molar-refractivity contribution >= 4 is 11.8 Å². The van der Waals surface area contributed by atoms with Crippen LogP contribution < -0.4 is 5.32 Å². The number of nitrogens with one attached hydrogen (secondary N) is 1. The number of unbranched alkanes of at least 4 members (excludes halogenated alkanes) is 1. The van der Waals surface area contributed by atoms with Crippen LogP contribution in [0, 0.1) is 11.7 Å². The molecule has 2 rings (SSSR count). The lowest BCUT2D eigenvalue weighted by atomic mass is 9.60. The molecule has 24 heavy (non-hydrogen) atoms. The molecular weight excluding hydrogens is 317 g/mol. The van der Waals surface area contributed by atoms with Crippen LogP contribution in [-0.2, 0) is 5.41 Å². The Morgan fingerprint density at radius 1 is 1.17 bits per heavy atom. The summed E-state index contributed by atoms with van der Waals surface area (Å²) in [7, 11) is 0. The molecule has 1 aromatic rings. The van der Waals surface area contributed by atoms with E-state index in [9.17, 15) is 4.39 Å². The van der Waals surface area contributed by atoms with Gasteiger partial charge in [-0.2, -0.15) is 11.8 Å². The summed E-state index contributed by atoms with van der Waals surface area (Å²) in [5.74, 6) is 3.14. The van der Waals surface area contributed by atoms with Crippen LogP contribution in [-0.4, -0.2) is 24.6 Å². The van der Waals surface area contributed by atoms with Gasteiger partial charge in [0.05, 0.1) is 0 Å². The Labute approximate surface area is 152 Å². The molecule has 1 aliphatic carbocycles. The van der Waals surface area contributed by atoms with Crippen molar-refractivity contribution in [2.24, 2.45) is 5.92 Å². The van der Waals surface area contributed by atoms with E-state index >= 15 is 0 Å². The molecule has 1 unspecified atom stereocenters. The van der Waals surface area contributed by atoms with Gasteiger partial charge in [-0.1, -0.05) is 32.4 Å². The first-order chi connectivity index (χ1) is 11.7. The molecule has 136 valence electrons. The van der Waals surface area contributed by atoms with E-state index < -0.39 is 0 Å². The van der Waals surface area contributed by atoms with E-state index in [4.69, 9.17) is 0 Å². The van der Waals surface area contributed by atoms with E-state index in [0.717, 1.165) is 19.0 Å². The van der Waals surface area contributed by atoms with Crippen molar-refractivity contribution in [2.45, 2.75) is 64.2 Å². The lowest BCUT2D eigenvalue weighted by Gasteiger charge is -2.44. The van der Waals surface area contributed by atoms with Gasteiger partial charge in [0.1, 0.15) is 5.82 Å². The van der Waals surface area contributed by atoms with E-state index in [1.807, 2.05) is 23.9 Å². The first kappa shape index (κ1) is 19.8. The lowest BCUT2D eigenvalue weighted by molar-refractivity contribution is 0.190. The van der Waals surface area contributed by atoms with Gasteiger partial charge >= 0.3 is 0 Å². The summed E-state index contributed by atoms with van der Waals surface area (Å²) in [6, 6.07) is 7.26. The van der Waals surface area contributed by atoms with Crippen molar-refractivity contribution < 1.29 is 4.39 Å². The van der Waals surface area contributed by atoms with Crippen LogP contribution >= 0.6 is 11.8 Å². The normalized spacial score (nSPS) is 17.5. The van der Waals surface area contributed by atoms with E-state index in [1.165, 1.54) is 62.0 Å². The van der Waals surface area contributed by atoms with Crippen LogP contribution in [0.2, 0.25) is 0 Å². The second-order valence-corrected chi connectivity index (χ2v) is 8.79. The third-order valence-corrected chi connectivity index (χ3v) is 6.40. The van der Waals surface area contributed by atoms with Crippen molar-refractivity contribution in [3.05, 3.63) is 35.6 Å². The maximum absolute atomic E-state index is 13.2. The quantitative estimate of drug-likeness (QED) is 0.479. The van der Waals surface area contributed by atoms with Gasteiger partial charge in [-0.05, 0) is 92.1 Å². The van der Waals surface area contributed by atoms with Crippen molar-refractivity contribution in [2.75, 3.05) is 24.6 Å². The minimum Gasteiger partial charge on any atom is -0.317 e. The second-order valence-electron chi connectivity index (χ2n) is 7.39. The molecular formula is C21H34FNS. The molecule has 1 saturated carbocycles. The molecule has 1 N–H and O–H groups in total. The monoisotopic (exact) mass is 351 g/mol. The number of hydrogen-bond donors (Lipinski definition) is 1. The van der Waals surface area contributed by atoms with Crippen molar-refractivity contribution in [1.82, 2.24) is 5.32 Å². The molecule has 0 spiro atoms. The van der Waals surface area contributed by atoms with Crippen LogP contribution in [0.4, 0.5) is 4.39 Å². The van der Waals surface area contributed by atoms with Gasteiger partial charge in [0.25, 0.3) is 0 Å². The fraction of sp³-hybridized carbons (Fsp3) is 0.714. The third-order valence-electron chi connectivity index (χ3n) is 5.42. The van der Waals surface area contributed by atoms with Gasteiger partial charge in [0.15, 0.2) is 0 Å². The summed E-state index contributed by atoms with van der Waals surface area (Å²) in [6.45, 7) is 6.88. The lowest BCUT2D eigenvalue weighted by Crippen LogP contribution is -2.36. The highest BCUT2D eigenvalue weighted by Crippen LogP contribution is 2.48. The highest BCUT2D eigenvalue weighted by Gasteiger charge is 2.39. The number of thioether (sulfide) groups is 1. The Bertz CT molecular complexity index is 455. The fourth-order valence-electron chi connectivity index (χ4n) is 3.86. The second kappa shape index (κ2) is 10.5. The van der Waals surface area contributed by atoms with Crippen molar-refractivity contribution in [1.29, 1.82) is 0 Å². The molecule has 0 saturated heterocycles. The predicted molar refractivity (Wildman–Crippen MR) is 105 cm³/mol. The minimum atomic E-state index is -0.122. The molecule has 0 aromatic heterocycles. The minimum absolute atomic E-state index is 0.122. The molecule has 1 atom stereocenters. The first-order valence-electron chi connectivity index (χ1n) is 9.71. The predicted octanol–water partition coefficient (Wildman–Crippen LogP) is 5.79. The van der Waals surface area contributed by atoms with E-state index in [-0.39, 0.29) is 5.82 Å². The zero-order valence-electron chi connectivity index (χ0n) is 15.5. The van der Waals surface area contributed by atoms with Gasteiger partial charge in [0, 0.05) is 0 Å². The Hall–Kier alpha value is -0.540. The molecule has 3 heteroatoms. The number of rotatable bonds is 12. The Kier molecular flexibility index (Phi) is 8.61. The molecule has 0 radical (unpaired) electrons. The SMILES string of the molecule is CCSCCCCNCCC(C)CC1(c2ccc(F)cc2)CCC1. The van der Waals surface area contributed by atoms with E-state index in [2.05, 4.69) is 19.2 Å². The standard InChI is InChI=1S/C21H34FNS/c1-3-24-16-5-4-14-23-15-11-18(2)17-21(12-6-13-21)19-7-9-20(22)10-8-19/h7-10,18,23H,3-6,11-17H2,1-2H3. The summed E-state index contributed by atoms with van der Waals surface area (Å²) < 4.78 is 13.2. The highest BCUT2D eigenvalue weighted by molar-refractivity contribution is 7.99. The van der Waals surface area contributed by atoms with Gasteiger partial charge in [-0.3, -0.25) is 0 Å². The van der Waals surface area contributed by atoms with Gasteiger partial charge in [-0.15, -0.1) is 0 Å². The average Bonchev–Trinajstić information content (AvgIpc) is 2.54. The summed E-state index contributed by atoms with van der Waals surface area (Å²) >= 11 is 2.04. The molecule has 1 aliphatic rings. The maximum Gasteiger partial charge on any atom is 0.123 e. The van der Waals surface area contributed by atoms with E-state index in [1.54, 1.807) is 12.1 Å². The molecule has 0 aliphatic heterocycles. The zero-order valence-corrected chi connectivity index (χ0v) is 16.3. The van der Waals surface area contributed by atoms with Gasteiger partial charge < -0.3 is 5.32 Å². The van der Waals surface area contributed by atoms with Gasteiger partial charge in [0.2, 0.25) is 0 Å². The number of benzene rings is 1. The van der Waals surface area contributed by atoms with Crippen LogP contribution in [0.3, 0.4) is 0 Å². The number of halogens is 1. The third kappa shape index (κ3) is 6.07. The van der Waals surface area contributed by atoms with Crippen LogP contribution in [0.5, 0.6) is 0 Å². The average molecular weight is 352 g/mol. The molecule has 0 amide bonds. The molecule has 0 bridgehead atoms. The van der Waals surface area contributed by atoms with Crippen molar-refractivity contribution in [3.63, 3.8) is 0 Å². The Morgan fingerprint density at radius 2 is 1.92 bits per heavy atom. The fourth-order valence-corrected chi connectivity index (χ4v) is 4.56. The summed E-state index contributed by atoms with van der Waals surface area (Å²) in [5.41, 5.74) is 1.67. The highest BCUT2D eigenvalue weighted by atomic mass is 32.2. The van der Waals surface area contributed by atoms with Crippen LogP contribution in [0.15, 0.2) is 24.3 Å². The topological polar surface area (TPSA) is 12.0 Å². The molecule has 0 heterocycles. The number of hydrogen-bond acceptors (Lipinski definition) is 2. The van der Waals surface area contributed by atoms with E-state index in [0.29, 0.717) is 5.41 Å². The Morgan fingerprint density at radius 3 is 2.54 bits per heavy atom. The van der Waals surface area contributed by atoms with Crippen LogP contribution in [0.25, 0.3) is 0 Å². The maximum atomic E-state index is 13.2. The van der Waals surface area contributed by atoms with Crippen LogP contribution in [0.1, 0.15) is 64.4 Å². The summed E-state index contributed by atoms with van der Waals surface area (Å²) in [6.07, 6.45) is 8.96. The zero-order chi connectivity index (χ0) is 17.3. The molecule has 1 aromatic carbocycles. The molecule has 1 fully saturated rings. The van der Waals surface area contributed by atoms with Crippen molar-refractivity contribution in [3.8, 4) is 0 Å². The Balaban J connectivity index is 1.65. The summed E-state index contributed by atoms with van der Waals surface area (Å²) in [4.78, 5) is 0. The summed E-state index contributed by atoms with van der Waals surface area (Å²) in [5, 5.41) is 3.60. The smallest absolute Gasteiger partial charge is 0.123 e. The first-order valence-corrected chi connectivity index (χ1v) is 10.9. The molecule has 1 nitrogen and oxygen atoms in total. The van der Waals surface area contributed by atoms with Gasteiger partial charge in [-0.25, -0.2) is 4.39 Å². The largest absolute Gasteiger partial charge is 0.317 e.